The molecule has 0 aliphatic heterocycles. The lowest BCUT2D eigenvalue weighted by Crippen LogP contribution is -2.12. The van der Waals surface area contributed by atoms with Gasteiger partial charge in [-0.15, -0.1) is 0 Å². The molecule has 1 aromatic rings. The highest BCUT2D eigenvalue weighted by atomic mass is 79.9. The molecule has 0 aliphatic rings. The second-order valence-corrected chi connectivity index (χ2v) is 4.87. The van der Waals surface area contributed by atoms with Crippen LogP contribution in [0.2, 0.25) is 5.02 Å². The van der Waals surface area contributed by atoms with Gasteiger partial charge < -0.3 is 14.8 Å². The Morgan fingerprint density at radius 3 is 2.76 bits per heavy atom. The summed E-state index contributed by atoms with van der Waals surface area (Å²) in [5.74, 6) is 0. The Kier molecular flexibility index (Phi) is 6.89. The maximum absolute atomic E-state index is 6.06. The van der Waals surface area contributed by atoms with E-state index in [1.54, 1.807) is 7.11 Å². The highest BCUT2D eigenvalue weighted by Gasteiger charge is 2.03. The highest BCUT2D eigenvalue weighted by Crippen LogP contribution is 2.28. The molecule has 0 amide bonds. The van der Waals surface area contributed by atoms with Crippen molar-refractivity contribution in [3.05, 3.63) is 27.2 Å². The van der Waals surface area contributed by atoms with E-state index in [2.05, 4.69) is 21.2 Å². The second-order valence-electron chi connectivity index (χ2n) is 3.61. The van der Waals surface area contributed by atoms with Gasteiger partial charge >= 0.3 is 0 Å². The molecule has 0 saturated heterocycles. The van der Waals surface area contributed by atoms with Crippen LogP contribution in [0.15, 0.2) is 16.6 Å². The van der Waals surface area contributed by atoms with E-state index in [0.717, 1.165) is 27.3 Å². The molecule has 1 aromatic carbocycles. The van der Waals surface area contributed by atoms with Crippen molar-refractivity contribution in [3.8, 4) is 0 Å². The quantitative estimate of drug-likeness (QED) is 0.780. The summed E-state index contributed by atoms with van der Waals surface area (Å²) in [5.41, 5.74) is 2.04. The van der Waals surface area contributed by atoms with E-state index in [1.807, 2.05) is 19.1 Å². The summed E-state index contributed by atoms with van der Waals surface area (Å²) < 4.78 is 11.2. The Labute approximate surface area is 116 Å². The Bertz CT molecular complexity index is 361. The molecule has 0 fully saturated rings. The first kappa shape index (κ1) is 14.8. The highest BCUT2D eigenvalue weighted by molar-refractivity contribution is 9.10. The van der Waals surface area contributed by atoms with E-state index in [9.17, 15) is 0 Å². The summed E-state index contributed by atoms with van der Waals surface area (Å²) in [7, 11) is 1.66. The Morgan fingerprint density at radius 1 is 1.29 bits per heavy atom. The van der Waals surface area contributed by atoms with Crippen molar-refractivity contribution in [1.29, 1.82) is 0 Å². The molecule has 0 aliphatic carbocycles. The van der Waals surface area contributed by atoms with E-state index in [0.29, 0.717) is 19.8 Å². The normalized spacial score (nSPS) is 10.6. The van der Waals surface area contributed by atoms with Crippen LogP contribution in [-0.4, -0.2) is 33.5 Å². The summed E-state index contributed by atoms with van der Waals surface area (Å²) in [6, 6.07) is 3.91. The number of ether oxygens (including phenoxy) is 2. The van der Waals surface area contributed by atoms with Crippen molar-refractivity contribution in [2.24, 2.45) is 0 Å². The van der Waals surface area contributed by atoms with E-state index < -0.39 is 0 Å². The lowest BCUT2D eigenvalue weighted by atomic mass is 10.2. The zero-order valence-corrected chi connectivity index (χ0v) is 12.4. The number of hydrogen-bond acceptors (Lipinski definition) is 3. The standard InChI is InChI=1S/C12H17BrClNO2/c1-9-7-10(13)12(8-11(9)14)15-3-4-17-6-5-16-2/h7-8,15H,3-6H2,1-2H3. The zero-order valence-electron chi connectivity index (χ0n) is 10.1. The minimum absolute atomic E-state index is 0.619. The number of anilines is 1. The SMILES string of the molecule is COCCOCCNc1cc(Cl)c(C)cc1Br. The van der Waals surface area contributed by atoms with Gasteiger partial charge in [0.1, 0.15) is 0 Å². The molecule has 1 rings (SSSR count). The Morgan fingerprint density at radius 2 is 2.06 bits per heavy atom. The van der Waals surface area contributed by atoms with Crippen LogP contribution in [0, 0.1) is 6.92 Å². The van der Waals surface area contributed by atoms with Crippen LogP contribution in [0.3, 0.4) is 0 Å². The van der Waals surface area contributed by atoms with Crippen LogP contribution in [0.25, 0.3) is 0 Å². The number of rotatable bonds is 7. The summed E-state index contributed by atoms with van der Waals surface area (Å²) in [5, 5.41) is 4.02. The lowest BCUT2D eigenvalue weighted by molar-refractivity contribution is 0.0759. The predicted molar refractivity (Wildman–Crippen MR) is 75.1 cm³/mol. The third kappa shape index (κ3) is 5.25. The molecule has 17 heavy (non-hydrogen) atoms. The molecular formula is C12H17BrClNO2. The van der Waals surface area contributed by atoms with Gasteiger partial charge in [0, 0.05) is 23.1 Å². The van der Waals surface area contributed by atoms with Crippen LogP contribution in [0.1, 0.15) is 5.56 Å². The fraction of sp³-hybridized carbons (Fsp3) is 0.500. The average molecular weight is 323 g/mol. The van der Waals surface area contributed by atoms with Gasteiger partial charge in [0.05, 0.1) is 25.5 Å². The van der Waals surface area contributed by atoms with E-state index in [4.69, 9.17) is 21.1 Å². The van der Waals surface area contributed by atoms with Gasteiger partial charge in [-0.3, -0.25) is 0 Å². The fourth-order valence-electron chi connectivity index (χ4n) is 1.28. The third-order valence-electron chi connectivity index (χ3n) is 2.24. The first-order valence-electron chi connectivity index (χ1n) is 5.41. The summed E-state index contributed by atoms with van der Waals surface area (Å²) in [6.07, 6.45) is 0. The molecule has 3 nitrogen and oxygen atoms in total. The van der Waals surface area contributed by atoms with Crippen molar-refractivity contribution in [2.45, 2.75) is 6.92 Å². The maximum atomic E-state index is 6.06. The molecule has 0 saturated carbocycles. The summed E-state index contributed by atoms with van der Waals surface area (Å²) in [6.45, 7) is 4.60. The average Bonchev–Trinajstić information content (AvgIpc) is 2.30. The van der Waals surface area contributed by atoms with Crippen molar-refractivity contribution in [2.75, 3.05) is 38.8 Å². The third-order valence-corrected chi connectivity index (χ3v) is 3.31. The molecule has 1 N–H and O–H groups in total. The first-order valence-corrected chi connectivity index (χ1v) is 6.58. The van der Waals surface area contributed by atoms with Gasteiger partial charge in [0.15, 0.2) is 0 Å². The van der Waals surface area contributed by atoms with Gasteiger partial charge in [-0.05, 0) is 40.5 Å². The number of methoxy groups -OCH3 is 1. The van der Waals surface area contributed by atoms with Crippen LogP contribution < -0.4 is 5.32 Å². The number of halogens is 2. The lowest BCUT2D eigenvalue weighted by Gasteiger charge is -2.10. The molecule has 0 aromatic heterocycles. The van der Waals surface area contributed by atoms with Crippen LogP contribution in [0.4, 0.5) is 5.69 Å². The largest absolute Gasteiger partial charge is 0.382 e. The smallest absolute Gasteiger partial charge is 0.0701 e. The molecular weight excluding hydrogens is 305 g/mol. The number of benzene rings is 1. The Balaban J connectivity index is 2.34. The molecule has 0 heterocycles. The molecule has 5 heteroatoms. The molecule has 0 atom stereocenters. The van der Waals surface area contributed by atoms with Crippen molar-refractivity contribution in [3.63, 3.8) is 0 Å². The molecule has 0 unspecified atom stereocenters. The number of nitrogens with one attached hydrogen (secondary N) is 1. The topological polar surface area (TPSA) is 30.5 Å². The van der Waals surface area contributed by atoms with E-state index in [-0.39, 0.29) is 0 Å². The minimum Gasteiger partial charge on any atom is -0.382 e. The predicted octanol–water partition coefficient (Wildman–Crippen LogP) is 3.49. The molecule has 96 valence electrons. The van der Waals surface area contributed by atoms with Crippen LogP contribution in [0.5, 0.6) is 0 Å². The summed E-state index contributed by atoms with van der Waals surface area (Å²) >= 11 is 9.55. The van der Waals surface area contributed by atoms with E-state index >= 15 is 0 Å². The molecule has 0 bridgehead atoms. The van der Waals surface area contributed by atoms with E-state index in [1.165, 1.54) is 0 Å². The Hall–Kier alpha value is -0.290. The van der Waals surface area contributed by atoms with Crippen LogP contribution >= 0.6 is 27.5 Å². The van der Waals surface area contributed by atoms with Gasteiger partial charge in [-0.2, -0.15) is 0 Å². The first-order chi connectivity index (χ1) is 8.15. The minimum atomic E-state index is 0.619. The molecule has 0 radical (unpaired) electrons. The van der Waals surface area contributed by atoms with Gasteiger partial charge in [0.25, 0.3) is 0 Å². The monoisotopic (exact) mass is 321 g/mol. The molecule has 0 spiro atoms. The van der Waals surface area contributed by atoms with Crippen molar-refractivity contribution < 1.29 is 9.47 Å². The summed E-state index contributed by atoms with van der Waals surface area (Å²) in [4.78, 5) is 0. The number of aryl methyl sites for hydroxylation is 1. The zero-order chi connectivity index (χ0) is 12.7. The van der Waals surface area contributed by atoms with Crippen molar-refractivity contribution in [1.82, 2.24) is 0 Å². The maximum Gasteiger partial charge on any atom is 0.0701 e. The van der Waals surface area contributed by atoms with Gasteiger partial charge in [0.2, 0.25) is 0 Å². The van der Waals surface area contributed by atoms with Crippen LogP contribution in [-0.2, 0) is 9.47 Å². The van der Waals surface area contributed by atoms with Crippen molar-refractivity contribution >= 4 is 33.2 Å². The van der Waals surface area contributed by atoms with Gasteiger partial charge in [-0.1, -0.05) is 11.6 Å². The van der Waals surface area contributed by atoms with Gasteiger partial charge in [-0.25, -0.2) is 0 Å². The second kappa shape index (κ2) is 7.93. The number of hydrogen-bond donors (Lipinski definition) is 1. The fourth-order valence-corrected chi connectivity index (χ4v) is 2.05.